The Labute approximate surface area is 118 Å². The van der Waals surface area contributed by atoms with E-state index in [0.29, 0.717) is 19.6 Å². The molecule has 1 unspecified atom stereocenters. The summed E-state index contributed by atoms with van der Waals surface area (Å²) in [5, 5.41) is 11.8. The highest BCUT2D eigenvalue weighted by Gasteiger charge is 2.42. The lowest BCUT2D eigenvalue weighted by atomic mass is 10.2. The molecule has 1 atom stereocenters. The lowest BCUT2D eigenvalue weighted by Gasteiger charge is -2.27. The fourth-order valence-corrected chi connectivity index (χ4v) is 4.90. The summed E-state index contributed by atoms with van der Waals surface area (Å²) >= 11 is 0. The number of fused-ring (bicyclic) bond motifs is 1. The zero-order valence-corrected chi connectivity index (χ0v) is 12.1. The first kappa shape index (κ1) is 12.7. The summed E-state index contributed by atoms with van der Waals surface area (Å²) in [6.07, 6.45) is 3.86. The first-order valence-corrected chi connectivity index (χ1v) is 8.81. The van der Waals surface area contributed by atoms with Gasteiger partial charge in [-0.05, 0) is 32.2 Å². The quantitative estimate of drug-likeness (QED) is 0.850. The van der Waals surface area contributed by atoms with Gasteiger partial charge in [0.1, 0.15) is 11.6 Å². The van der Waals surface area contributed by atoms with Gasteiger partial charge in [0.25, 0.3) is 0 Å². The molecule has 2 fully saturated rings. The van der Waals surface area contributed by atoms with E-state index in [4.69, 9.17) is 0 Å². The van der Waals surface area contributed by atoms with Crippen LogP contribution in [0.25, 0.3) is 0 Å². The van der Waals surface area contributed by atoms with Crippen LogP contribution in [0.3, 0.4) is 0 Å². The molecule has 2 aliphatic heterocycles. The standard InChI is InChI=1S/C12H19N5O2S/c18-20(19,9-3-4-9)16-6-7-17-11(8-16)14-15-12(17)10-2-1-5-13-10/h9-10,13H,1-8H2. The van der Waals surface area contributed by atoms with E-state index in [1.165, 1.54) is 0 Å². The second kappa shape index (κ2) is 4.51. The Morgan fingerprint density at radius 2 is 2.00 bits per heavy atom. The summed E-state index contributed by atoms with van der Waals surface area (Å²) in [6.45, 7) is 2.61. The van der Waals surface area contributed by atoms with Gasteiger partial charge in [0.2, 0.25) is 10.0 Å². The van der Waals surface area contributed by atoms with Gasteiger partial charge in [-0.1, -0.05) is 0 Å². The smallest absolute Gasteiger partial charge is 0.217 e. The molecule has 0 aromatic carbocycles. The molecule has 0 spiro atoms. The molecule has 3 heterocycles. The largest absolute Gasteiger partial charge is 0.311 e. The van der Waals surface area contributed by atoms with Gasteiger partial charge in [-0.15, -0.1) is 10.2 Å². The minimum Gasteiger partial charge on any atom is -0.311 e. The summed E-state index contributed by atoms with van der Waals surface area (Å²) in [5.74, 6) is 1.75. The van der Waals surface area contributed by atoms with Gasteiger partial charge in [0.05, 0.1) is 17.8 Å². The molecule has 3 aliphatic rings. The molecule has 1 N–H and O–H groups in total. The Hall–Kier alpha value is -0.990. The van der Waals surface area contributed by atoms with Crippen molar-refractivity contribution in [3.8, 4) is 0 Å². The molecule has 110 valence electrons. The number of nitrogens with one attached hydrogen (secondary N) is 1. The summed E-state index contributed by atoms with van der Waals surface area (Å²) in [7, 11) is -3.10. The van der Waals surface area contributed by atoms with Crippen LogP contribution in [-0.4, -0.2) is 45.8 Å². The maximum Gasteiger partial charge on any atom is 0.217 e. The fraction of sp³-hybridized carbons (Fsp3) is 0.833. The maximum absolute atomic E-state index is 12.3. The Kier molecular flexibility index (Phi) is 2.87. The van der Waals surface area contributed by atoms with E-state index in [1.807, 2.05) is 0 Å². The third kappa shape index (κ3) is 1.97. The fourth-order valence-electron chi connectivity index (χ4n) is 3.11. The highest BCUT2D eigenvalue weighted by Crippen LogP contribution is 2.33. The van der Waals surface area contributed by atoms with E-state index in [2.05, 4.69) is 20.1 Å². The van der Waals surface area contributed by atoms with E-state index in [1.54, 1.807) is 4.31 Å². The van der Waals surface area contributed by atoms with Crippen molar-refractivity contribution in [3.63, 3.8) is 0 Å². The molecular weight excluding hydrogens is 278 g/mol. The molecule has 1 saturated heterocycles. The molecular formula is C12H19N5O2S. The molecule has 1 saturated carbocycles. The molecule has 0 bridgehead atoms. The Balaban J connectivity index is 1.58. The molecule has 1 aromatic heterocycles. The van der Waals surface area contributed by atoms with Crippen LogP contribution in [0.5, 0.6) is 0 Å². The molecule has 0 radical (unpaired) electrons. The van der Waals surface area contributed by atoms with Crippen LogP contribution in [0.2, 0.25) is 0 Å². The lowest BCUT2D eigenvalue weighted by Crippen LogP contribution is -2.40. The van der Waals surface area contributed by atoms with E-state index in [9.17, 15) is 8.42 Å². The first-order chi connectivity index (χ1) is 9.66. The van der Waals surface area contributed by atoms with Crippen molar-refractivity contribution < 1.29 is 8.42 Å². The van der Waals surface area contributed by atoms with Gasteiger partial charge in [0, 0.05) is 13.1 Å². The molecule has 8 heteroatoms. The molecule has 4 rings (SSSR count). The normalized spacial score (nSPS) is 27.7. The highest BCUT2D eigenvalue weighted by atomic mass is 32.2. The number of sulfonamides is 1. The van der Waals surface area contributed by atoms with Gasteiger partial charge in [0.15, 0.2) is 0 Å². The van der Waals surface area contributed by atoms with Gasteiger partial charge in [-0.25, -0.2) is 8.42 Å². The van der Waals surface area contributed by atoms with Gasteiger partial charge >= 0.3 is 0 Å². The monoisotopic (exact) mass is 297 g/mol. The van der Waals surface area contributed by atoms with E-state index in [0.717, 1.165) is 43.9 Å². The SMILES string of the molecule is O=S(=O)(C1CC1)N1CCn2c(nnc2C2CCCN2)C1. The Morgan fingerprint density at radius 3 is 2.70 bits per heavy atom. The zero-order chi connectivity index (χ0) is 13.7. The van der Waals surface area contributed by atoms with Crippen LogP contribution >= 0.6 is 0 Å². The Morgan fingerprint density at radius 1 is 1.15 bits per heavy atom. The predicted molar refractivity (Wildman–Crippen MR) is 72.4 cm³/mol. The van der Waals surface area contributed by atoms with Crippen LogP contribution in [0.1, 0.15) is 43.4 Å². The van der Waals surface area contributed by atoms with Gasteiger partial charge in [-0.2, -0.15) is 4.31 Å². The topological polar surface area (TPSA) is 80.1 Å². The molecule has 7 nitrogen and oxygen atoms in total. The van der Waals surface area contributed by atoms with Crippen LogP contribution in [-0.2, 0) is 23.1 Å². The predicted octanol–water partition coefficient (Wildman–Crippen LogP) is 0.0104. The second-order valence-electron chi connectivity index (χ2n) is 5.85. The minimum absolute atomic E-state index is 0.145. The van der Waals surface area contributed by atoms with Gasteiger partial charge in [-0.3, -0.25) is 0 Å². The van der Waals surface area contributed by atoms with Crippen molar-refractivity contribution in [1.29, 1.82) is 0 Å². The van der Waals surface area contributed by atoms with Crippen molar-refractivity contribution in [2.75, 3.05) is 13.1 Å². The van der Waals surface area contributed by atoms with Crippen molar-refractivity contribution in [2.24, 2.45) is 0 Å². The lowest BCUT2D eigenvalue weighted by molar-refractivity contribution is 0.327. The van der Waals surface area contributed by atoms with E-state index < -0.39 is 10.0 Å². The third-order valence-electron chi connectivity index (χ3n) is 4.42. The second-order valence-corrected chi connectivity index (χ2v) is 8.07. The number of hydrogen-bond acceptors (Lipinski definition) is 5. The molecule has 0 amide bonds. The Bertz CT molecular complexity index is 616. The van der Waals surface area contributed by atoms with Crippen molar-refractivity contribution in [3.05, 3.63) is 11.6 Å². The molecule has 1 aliphatic carbocycles. The van der Waals surface area contributed by atoms with Crippen LogP contribution < -0.4 is 5.32 Å². The average Bonchev–Trinajstić information content (AvgIpc) is 3.02. The molecule has 20 heavy (non-hydrogen) atoms. The number of hydrogen-bond donors (Lipinski definition) is 1. The minimum atomic E-state index is -3.10. The molecule has 1 aromatic rings. The van der Waals surface area contributed by atoms with Crippen molar-refractivity contribution >= 4 is 10.0 Å². The maximum atomic E-state index is 12.3. The summed E-state index contributed by atoms with van der Waals surface area (Å²) in [6, 6.07) is 0.280. The van der Waals surface area contributed by atoms with Gasteiger partial charge < -0.3 is 9.88 Å². The first-order valence-electron chi connectivity index (χ1n) is 7.30. The third-order valence-corrected chi connectivity index (χ3v) is 6.77. The number of nitrogens with zero attached hydrogens (tertiary/aromatic N) is 4. The van der Waals surface area contributed by atoms with Crippen LogP contribution in [0, 0.1) is 0 Å². The van der Waals surface area contributed by atoms with Crippen LogP contribution in [0.4, 0.5) is 0 Å². The van der Waals surface area contributed by atoms with Crippen LogP contribution in [0.15, 0.2) is 0 Å². The average molecular weight is 297 g/mol. The number of rotatable bonds is 3. The zero-order valence-electron chi connectivity index (χ0n) is 11.3. The van der Waals surface area contributed by atoms with Crippen molar-refractivity contribution in [1.82, 2.24) is 24.4 Å². The highest BCUT2D eigenvalue weighted by molar-refractivity contribution is 7.90. The van der Waals surface area contributed by atoms with E-state index >= 15 is 0 Å². The van der Waals surface area contributed by atoms with Crippen molar-refractivity contribution in [2.45, 2.75) is 50.1 Å². The van der Waals surface area contributed by atoms with E-state index in [-0.39, 0.29) is 11.3 Å². The number of aromatic nitrogens is 3. The summed E-state index contributed by atoms with van der Waals surface area (Å²) in [5.41, 5.74) is 0. The summed E-state index contributed by atoms with van der Waals surface area (Å²) < 4.78 is 28.2. The summed E-state index contributed by atoms with van der Waals surface area (Å²) in [4.78, 5) is 0.